The summed E-state index contributed by atoms with van der Waals surface area (Å²) in [6.07, 6.45) is 0. The predicted molar refractivity (Wildman–Crippen MR) is 94.0 cm³/mol. The van der Waals surface area contributed by atoms with Crippen molar-refractivity contribution in [2.75, 3.05) is 18.8 Å². The fraction of sp³-hybridized carbons (Fsp3) is 0.250. The van der Waals surface area contributed by atoms with Gasteiger partial charge in [0.2, 0.25) is 10.0 Å². The van der Waals surface area contributed by atoms with E-state index < -0.39 is 36.6 Å². The summed E-state index contributed by atoms with van der Waals surface area (Å²) < 4.78 is 79.6. The minimum absolute atomic E-state index is 0.00542. The molecular formula is C16H18F2N2O4S2. The van der Waals surface area contributed by atoms with Crippen LogP contribution in [0.25, 0.3) is 0 Å². The number of halogens is 2. The largest absolute Gasteiger partial charge is 0.279 e. The van der Waals surface area contributed by atoms with Crippen LogP contribution in [0.3, 0.4) is 0 Å². The van der Waals surface area contributed by atoms with Crippen molar-refractivity contribution in [3.63, 3.8) is 0 Å². The standard InChI is InChI=1S/C16H18F2N2O4S2/c1-10-7-13(26(23,24)20(3)4)9-15(11(10)2)19-25(21,22)16-6-5-12(17)8-14(16)18/h5-9,19H,1-4H3. The molecule has 0 aliphatic rings. The van der Waals surface area contributed by atoms with Gasteiger partial charge in [0, 0.05) is 20.2 Å². The van der Waals surface area contributed by atoms with E-state index in [0.717, 1.165) is 22.5 Å². The number of benzene rings is 2. The zero-order valence-corrected chi connectivity index (χ0v) is 16.2. The molecule has 10 heteroatoms. The Bertz CT molecular complexity index is 1070. The predicted octanol–water partition coefficient (Wildman–Crippen LogP) is 2.63. The van der Waals surface area contributed by atoms with Gasteiger partial charge in [0.25, 0.3) is 10.0 Å². The zero-order chi connectivity index (χ0) is 19.9. The molecule has 0 aromatic heterocycles. The van der Waals surface area contributed by atoms with E-state index in [0.29, 0.717) is 17.2 Å². The third kappa shape index (κ3) is 3.87. The normalized spacial score (nSPS) is 12.4. The number of sulfonamides is 2. The zero-order valence-electron chi connectivity index (χ0n) is 14.5. The number of anilines is 1. The molecule has 0 bridgehead atoms. The summed E-state index contributed by atoms with van der Waals surface area (Å²) in [5, 5.41) is 0. The van der Waals surface area contributed by atoms with Crippen LogP contribution in [0, 0.1) is 25.5 Å². The van der Waals surface area contributed by atoms with E-state index >= 15 is 0 Å². The molecule has 2 rings (SSSR count). The van der Waals surface area contributed by atoms with E-state index in [1.54, 1.807) is 13.8 Å². The molecular weight excluding hydrogens is 386 g/mol. The summed E-state index contributed by atoms with van der Waals surface area (Å²) in [6, 6.07) is 4.66. The first-order valence-corrected chi connectivity index (χ1v) is 10.3. The lowest BCUT2D eigenvalue weighted by Crippen LogP contribution is -2.23. The van der Waals surface area contributed by atoms with Crippen molar-refractivity contribution < 1.29 is 25.6 Å². The summed E-state index contributed by atoms with van der Waals surface area (Å²) in [5.41, 5.74) is 1.01. The van der Waals surface area contributed by atoms with Crippen LogP contribution >= 0.6 is 0 Å². The first-order valence-electron chi connectivity index (χ1n) is 7.38. The van der Waals surface area contributed by atoms with Gasteiger partial charge >= 0.3 is 0 Å². The quantitative estimate of drug-likeness (QED) is 0.830. The number of nitrogens with zero attached hydrogens (tertiary/aromatic N) is 1. The third-order valence-corrected chi connectivity index (χ3v) is 7.04. The minimum Gasteiger partial charge on any atom is -0.279 e. The van der Waals surface area contributed by atoms with Gasteiger partial charge in [-0.05, 0) is 49.2 Å². The van der Waals surface area contributed by atoms with Gasteiger partial charge in [-0.25, -0.2) is 29.9 Å². The van der Waals surface area contributed by atoms with E-state index in [-0.39, 0.29) is 10.6 Å². The molecule has 0 spiro atoms. The molecule has 0 aliphatic heterocycles. The van der Waals surface area contributed by atoms with Crippen LogP contribution < -0.4 is 4.72 Å². The Balaban J connectivity index is 2.57. The topological polar surface area (TPSA) is 83.6 Å². The van der Waals surface area contributed by atoms with Crippen LogP contribution in [0.5, 0.6) is 0 Å². The molecule has 0 radical (unpaired) electrons. The van der Waals surface area contributed by atoms with E-state index in [1.807, 2.05) is 0 Å². The maximum atomic E-state index is 13.8. The lowest BCUT2D eigenvalue weighted by Gasteiger charge is -2.17. The van der Waals surface area contributed by atoms with Crippen LogP contribution in [-0.2, 0) is 20.0 Å². The van der Waals surface area contributed by atoms with Crippen molar-refractivity contribution >= 4 is 25.7 Å². The lowest BCUT2D eigenvalue weighted by molar-refractivity contribution is 0.520. The fourth-order valence-corrected chi connectivity index (χ4v) is 4.37. The SMILES string of the molecule is Cc1cc(S(=O)(=O)N(C)C)cc(NS(=O)(=O)c2ccc(F)cc2F)c1C. The fourth-order valence-electron chi connectivity index (χ4n) is 2.18. The highest BCUT2D eigenvalue weighted by molar-refractivity contribution is 7.92. The molecule has 0 saturated heterocycles. The Morgan fingerprint density at radius 2 is 1.58 bits per heavy atom. The average Bonchev–Trinajstić information content (AvgIpc) is 2.50. The number of rotatable bonds is 5. The third-order valence-electron chi connectivity index (χ3n) is 3.85. The number of hydrogen-bond acceptors (Lipinski definition) is 4. The molecule has 2 aromatic rings. The molecule has 0 amide bonds. The van der Waals surface area contributed by atoms with Gasteiger partial charge in [-0.15, -0.1) is 0 Å². The van der Waals surface area contributed by atoms with Crippen molar-refractivity contribution in [1.29, 1.82) is 0 Å². The summed E-state index contributed by atoms with van der Waals surface area (Å²) in [7, 11) is -5.48. The van der Waals surface area contributed by atoms with Crippen molar-refractivity contribution in [3.05, 3.63) is 53.1 Å². The van der Waals surface area contributed by atoms with Gasteiger partial charge in [0.05, 0.1) is 10.6 Å². The Labute approximate surface area is 151 Å². The lowest BCUT2D eigenvalue weighted by atomic mass is 10.1. The average molecular weight is 404 g/mol. The summed E-state index contributed by atoms with van der Waals surface area (Å²) in [5.74, 6) is -2.16. The van der Waals surface area contributed by atoms with Gasteiger partial charge in [0.15, 0.2) is 0 Å². The molecule has 0 unspecified atom stereocenters. The first kappa shape index (κ1) is 20.3. The maximum absolute atomic E-state index is 13.8. The van der Waals surface area contributed by atoms with E-state index in [1.165, 1.54) is 20.2 Å². The second-order valence-corrected chi connectivity index (χ2v) is 9.68. The van der Waals surface area contributed by atoms with Crippen LogP contribution in [0.1, 0.15) is 11.1 Å². The summed E-state index contributed by atoms with van der Waals surface area (Å²) in [4.78, 5) is -0.847. The summed E-state index contributed by atoms with van der Waals surface area (Å²) in [6.45, 7) is 3.22. The Kier molecular flexibility index (Phi) is 5.41. The molecule has 1 N–H and O–H groups in total. The molecule has 0 fully saturated rings. The number of hydrogen-bond donors (Lipinski definition) is 1. The van der Waals surface area contributed by atoms with Crippen molar-refractivity contribution in [1.82, 2.24) is 4.31 Å². The molecule has 0 saturated carbocycles. The molecule has 2 aromatic carbocycles. The molecule has 0 atom stereocenters. The van der Waals surface area contributed by atoms with Gasteiger partial charge < -0.3 is 0 Å². The van der Waals surface area contributed by atoms with Gasteiger partial charge in [0.1, 0.15) is 16.5 Å². The van der Waals surface area contributed by atoms with E-state index in [2.05, 4.69) is 4.72 Å². The smallest absolute Gasteiger partial charge is 0.264 e. The maximum Gasteiger partial charge on any atom is 0.264 e. The monoisotopic (exact) mass is 404 g/mol. The van der Waals surface area contributed by atoms with Crippen LogP contribution in [0.2, 0.25) is 0 Å². The molecule has 142 valence electrons. The number of aryl methyl sites for hydroxylation is 1. The molecule has 26 heavy (non-hydrogen) atoms. The second kappa shape index (κ2) is 6.93. The van der Waals surface area contributed by atoms with Crippen LogP contribution in [0.4, 0.5) is 14.5 Å². The van der Waals surface area contributed by atoms with Crippen molar-refractivity contribution in [3.8, 4) is 0 Å². The van der Waals surface area contributed by atoms with Crippen LogP contribution in [0.15, 0.2) is 40.1 Å². The molecule has 6 nitrogen and oxygen atoms in total. The minimum atomic E-state index is -4.38. The first-order chi connectivity index (χ1) is 11.9. The second-order valence-electron chi connectivity index (χ2n) is 5.88. The van der Waals surface area contributed by atoms with Crippen molar-refractivity contribution in [2.45, 2.75) is 23.6 Å². The Hall–Kier alpha value is -2.04. The van der Waals surface area contributed by atoms with E-state index in [9.17, 15) is 25.6 Å². The van der Waals surface area contributed by atoms with Gasteiger partial charge in [-0.3, -0.25) is 4.72 Å². The highest BCUT2D eigenvalue weighted by atomic mass is 32.2. The van der Waals surface area contributed by atoms with Crippen LogP contribution in [-0.4, -0.2) is 35.2 Å². The van der Waals surface area contributed by atoms with Crippen molar-refractivity contribution in [2.24, 2.45) is 0 Å². The highest BCUT2D eigenvalue weighted by Gasteiger charge is 2.24. The van der Waals surface area contributed by atoms with Gasteiger partial charge in [-0.2, -0.15) is 0 Å². The number of nitrogens with one attached hydrogen (secondary N) is 1. The van der Waals surface area contributed by atoms with Gasteiger partial charge in [-0.1, -0.05) is 0 Å². The summed E-state index contributed by atoms with van der Waals surface area (Å²) >= 11 is 0. The molecule has 0 aliphatic carbocycles. The van der Waals surface area contributed by atoms with E-state index in [4.69, 9.17) is 0 Å². The highest BCUT2D eigenvalue weighted by Crippen LogP contribution is 2.28. The Morgan fingerprint density at radius 3 is 2.12 bits per heavy atom. The molecule has 0 heterocycles. The Morgan fingerprint density at radius 1 is 0.962 bits per heavy atom.